The molecular weight excluding hydrogens is 431 g/mol. The zero-order valence-corrected chi connectivity index (χ0v) is 17.1. The van der Waals surface area contributed by atoms with Crippen molar-refractivity contribution < 1.29 is 9.90 Å². The van der Waals surface area contributed by atoms with Gasteiger partial charge in [0.2, 0.25) is 0 Å². The van der Waals surface area contributed by atoms with E-state index in [1.54, 1.807) is 60.7 Å². The Labute approximate surface area is 182 Å². The van der Waals surface area contributed by atoms with Crippen molar-refractivity contribution in [2.45, 2.75) is 0 Å². The molecule has 0 aliphatic carbocycles. The van der Waals surface area contributed by atoms with Gasteiger partial charge in [0, 0.05) is 20.6 Å². The van der Waals surface area contributed by atoms with E-state index in [1.807, 2.05) is 0 Å². The SMILES string of the molecule is O=C1/C(=C\c2ccc(Cl)cc2Cl)N=C(c2ccc(Cl)cc2)N1c1ccc(O)cc1. The van der Waals surface area contributed by atoms with Gasteiger partial charge < -0.3 is 5.11 Å². The first kappa shape index (κ1) is 19.5. The van der Waals surface area contributed by atoms with Gasteiger partial charge in [0.15, 0.2) is 0 Å². The van der Waals surface area contributed by atoms with E-state index < -0.39 is 0 Å². The van der Waals surface area contributed by atoms with Crippen LogP contribution in [0.15, 0.2) is 77.4 Å². The molecule has 4 nitrogen and oxygen atoms in total. The fourth-order valence-corrected chi connectivity index (χ4v) is 3.51. The standard InChI is InChI=1S/C22H13Cl3N2O2/c23-15-4-1-13(2-5-15)21-26-20(11-14-3-6-16(24)12-19(14)25)22(29)27(21)17-7-9-18(28)10-8-17/h1-12,28H/b20-11+. The van der Waals surface area contributed by atoms with Crippen LogP contribution in [-0.2, 0) is 4.79 Å². The number of rotatable bonds is 3. The number of aromatic hydroxyl groups is 1. The Morgan fingerprint density at radius 1 is 0.862 bits per heavy atom. The number of carbonyl (C=O) groups is 1. The molecule has 144 valence electrons. The Kier molecular flexibility index (Phi) is 5.33. The number of amidine groups is 1. The van der Waals surface area contributed by atoms with E-state index >= 15 is 0 Å². The molecule has 0 bridgehead atoms. The second kappa shape index (κ2) is 7.91. The molecule has 1 amide bonds. The molecule has 4 rings (SSSR count). The molecule has 0 saturated heterocycles. The molecule has 0 aromatic heterocycles. The van der Waals surface area contributed by atoms with Crippen LogP contribution in [0.2, 0.25) is 15.1 Å². The zero-order chi connectivity index (χ0) is 20.5. The lowest BCUT2D eigenvalue weighted by atomic mass is 10.1. The molecule has 0 saturated carbocycles. The van der Waals surface area contributed by atoms with Crippen LogP contribution in [0.4, 0.5) is 5.69 Å². The number of anilines is 1. The van der Waals surface area contributed by atoms with Gasteiger partial charge in [-0.25, -0.2) is 4.99 Å². The van der Waals surface area contributed by atoms with Crippen LogP contribution in [-0.4, -0.2) is 16.8 Å². The molecular formula is C22H13Cl3N2O2. The minimum atomic E-state index is -0.313. The highest BCUT2D eigenvalue weighted by Crippen LogP contribution is 2.31. The summed E-state index contributed by atoms with van der Waals surface area (Å²) in [7, 11) is 0. The smallest absolute Gasteiger partial charge is 0.282 e. The van der Waals surface area contributed by atoms with E-state index in [0.717, 1.165) is 5.56 Å². The molecule has 1 heterocycles. The van der Waals surface area contributed by atoms with Crippen LogP contribution in [0.25, 0.3) is 6.08 Å². The molecule has 1 aliphatic heterocycles. The van der Waals surface area contributed by atoms with Crippen molar-refractivity contribution in [2.24, 2.45) is 4.99 Å². The van der Waals surface area contributed by atoms with Gasteiger partial charge >= 0.3 is 0 Å². The highest BCUT2D eigenvalue weighted by atomic mass is 35.5. The minimum Gasteiger partial charge on any atom is -0.508 e. The number of hydrogen-bond donors (Lipinski definition) is 1. The molecule has 0 unspecified atom stereocenters. The summed E-state index contributed by atoms with van der Waals surface area (Å²) in [6, 6.07) is 18.4. The van der Waals surface area contributed by atoms with E-state index in [0.29, 0.717) is 32.2 Å². The van der Waals surface area contributed by atoms with Gasteiger partial charge in [0.05, 0.1) is 5.69 Å². The maximum absolute atomic E-state index is 13.2. The van der Waals surface area contributed by atoms with Crippen molar-refractivity contribution in [2.75, 3.05) is 4.90 Å². The summed E-state index contributed by atoms with van der Waals surface area (Å²) >= 11 is 18.2. The van der Waals surface area contributed by atoms with E-state index in [2.05, 4.69) is 4.99 Å². The Morgan fingerprint density at radius 2 is 1.52 bits per heavy atom. The van der Waals surface area contributed by atoms with Crippen LogP contribution in [0.5, 0.6) is 5.75 Å². The normalized spacial score (nSPS) is 15.1. The van der Waals surface area contributed by atoms with Crippen LogP contribution in [0.1, 0.15) is 11.1 Å². The summed E-state index contributed by atoms with van der Waals surface area (Å²) in [6.45, 7) is 0. The Morgan fingerprint density at radius 3 is 2.17 bits per heavy atom. The first-order valence-electron chi connectivity index (χ1n) is 8.57. The molecule has 1 aliphatic rings. The number of phenols is 1. The van der Waals surface area contributed by atoms with Gasteiger partial charge in [-0.15, -0.1) is 0 Å². The highest BCUT2D eigenvalue weighted by molar-refractivity contribution is 6.36. The van der Waals surface area contributed by atoms with E-state index in [-0.39, 0.29) is 17.4 Å². The molecule has 1 N–H and O–H groups in total. The van der Waals surface area contributed by atoms with E-state index in [9.17, 15) is 9.90 Å². The van der Waals surface area contributed by atoms with Gasteiger partial charge in [-0.05, 0) is 72.3 Å². The zero-order valence-electron chi connectivity index (χ0n) is 14.8. The van der Waals surface area contributed by atoms with E-state index in [1.165, 1.54) is 17.0 Å². The number of carbonyl (C=O) groups excluding carboxylic acids is 1. The van der Waals surface area contributed by atoms with Crippen LogP contribution in [0, 0.1) is 0 Å². The Hall–Kier alpha value is -2.79. The third-order valence-electron chi connectivity index (χ3n) is 4.33. The second-order valence-electron chi connectivity index (χ2n) is 6.29. The molecule has 29 heavy (non-hydrogen) atoms. The highest BCUT2D eigenvalue weighted by Gasteiger charge is 2.32. The van der Waals surface area contributed by atoms with Gasteiger partial charge in [-0.2, -0.15) is 0 Å². The lowest BCUT2D eigenvalue weighted by Crippen LogP contribution is -2.32. The molecule has 7 heteroatoms. The lowest BCUT2D eigenvalue weighted by molar-refractivity contribution is -0.113. The molecule has 0 spiro atoms. The van der Waals surface area contributed by atoms with Crippen LogP contribution in [0.3, 0.4) is 0 Å². The molecule has 0 radical (unpaired) electrons. The average Bonchev–Trinajstić information content (AvgIpc) is 3.01. The molecule has 0 fully saturated rings. The minimum absolute atomic E-state index is 0.106. The average molecular weight is 444 g/mol. The van der Waals surface area contributed by atoms with Gasteiger partial charge in [0.1, 0.15) is 17.3 Å². The molecule has 3 aromatic carbocycles. The van der Waals surface area contributed by atoms with Crippen LogP contribution >= 0.6 is 34.8 Å². The van der Waals surface area contributed by atoms with Crippen molar-refractivity contribution >= 4 is 58.3 Å². The summed E-state index contributed by atoms with van der Waals surface area (Å²) in [5.41, 5.74) is 2.16. The first-order valence-corrected chi connectivity index (χ1v) is 9.70. The number of halogens is 3. The predicted octanol–water partition coefficient (Wildman–Crippen LogP) is 6.19. The number of benzene rings is 3. The number of nitrogens with zero attached hydrogens (tertiary/aromatic N) is 2. The van der Waals surface area contributed by atoms with Crippen LogP contribution < -0.4 is 4.90 Å². The number of amides is 1. The van der Waals surface area contributed by atoms with Gasteiger partial charge in [-0.1, -0.05) is 40.9 Å². The van der Waals surface area contributed by atoms with Crippen molar-refractivity contribution in [3.8, 4) is 5.75 Å². The van der Waals surface area contributed by atoms with Crippen molar-refractivity contribution in [1.82, 2.24) is 0 Å². The monoisotopic (exact) mass is 442 g/mol. The number of hydrogen-bond acceptors (Lipinski definition) is 3. The van der Waals surface area contributed by atoms with Crippen molar-refractivity contribution in [3.63, 3.8) is 0 Å². The summed E-state index contributed by atoms with van der Waals surface area (Å²) < 4.78 is 0. The summed E-state index contributed by atoms with van der Waals surface area (Å²) in [5, 5.41) is 11.1. The van der Waals surface area contributed by atoms with Crippen molar-refractivity contribution in [1.29, 1.82) is 0 Å². The van der Waals surface area contributed by atoms with E-state index in [4.69, 9.17) is 34.8 Å². The largest absolute Gasteiger partial charge is 0.508 e. The summed E-state index contributed by atoms with van der Waals surface area (Å²) in [4.78, 5) is 19.3. The maximum Gasteiger partial charge on any atom is 0.282 e. The number of aliphatic imine (C=N–C) groups is 1. The summed E-state index contributed by atoms with van der Waals surface area (Å²) in [5.74, 6) is 0.245. The van der Waals surface area contributed by atoms with Gasteiger partial charge in [0.25, 0.3) is 5.91 Å². The first-order chi connectivity index (χ1) is 13.9. The fourth-order valence-electron chi connectivity index (χ4n) is 2.92. The maximum atomic E-state index is 13.2. The van der Waals surface area contributed by atoms with Gasteiger partial charge in [-0.3, -0.25) is 9.69 Å². The quantitative estimate of drug-likeness (QED) is 0.491. The topological polar surface area (TPSA) is 52.9 Å². The fraction of sp³-hybridized carbons (Fsp3) is 0. The van der Waals surface area contributed by atoms with Crippen molar-refractivity contribution in [3.05, 3.63) is 98.6 Å². The lowest BCUT2D eigenvalue weighted by Gasteiger charge is -2.18. The Balaban J connectivity index is 1.83. The number of phenolic OH excluding ortho intramolecular Hbond substituents is 1. The molecule has 0 atom stereocenters. The predicted molar refractivity (Wildman–Crippen MR) is 118 cm³/mol. The molecule has 3 aromatic rings. The second-order valence-corrected chi connectivity index (χ2v) is 7.57. The third-order valence-corrected chi connectivity index (χ3v) is 5.14. The third kappa shape index (κ3) is 4.01. The Bertz CT molecular complexity index is 1150. The summed E-state index contributed by atoms with van der Waals surface area (Å²) in [6.07, 6.45) is 1.62.